The molecular formula is C17H16FN3O3. The predicted octanol–water partition coefficient (Wildman–Crippen LogP) is 1.88. The molecule has 124 valence electrons. The molecule has 1 aromatic heterocycles. The minimum absolute atomic E-state index is 0.00730. The third-order valence-corrected chi connectivity index (χ3v) is 4.00. The minimum Gasteiger partial charge on any atom is -0.477 e. The summed E-state index contributed by atoms with van der Waals surface area (Å²) in [6, 6.07) is 9.11. The number of carbonyl (C=O) groups excluding carboxylic acids is 1. The zero-order valence-electron chi connectivity index (χ0n) is 12.9. The van der Waals surface area contributed by atoms with Crippen LogP contribution in [0, 0.1) is 5.82 Å². The largest absolute Gasteiger partial charge is 0.477 e. The van der Waals surface area contributed by atoms with Gasteiger partial charge in [-0.2, -0.15) is 0 Å². The first-order chi connectivity index (χ1) is 11.6. The van der Waals surface area contributed by atoms with Gasteiger partial charge in [0.1, 0.15) is 11.5 Å². The number of carboxylic acid groups (broad SMARTS) is 1. The first-order valence-electron chi connectivity index (χ1n) is 7.54. The molecule has 1 amide bonds. The van der Waals surface area contributed by atoms with Gasteiger partial charge >= 0.3 is 5.97 Å². The maximum absolute atomic E-state index is 13.7. The molecule has 0 unspecified atom stereocenters. The first-order valence-corrected chi connectivity index (χ1v) is 7.54. The standard InChI is InChI=1S/C17H16FN3O3/c18-14-4-2-1-3-13(14)16(22)21-9-7-20(8-10-21)12-5-6-15(17(23)24)19-11-12/h1-6,11H,7-10H2,(H,23,24). The Labute approximate surface area is 138 Å². The van der Waals surface area contributed by atoms with Crippen LogP contribution in [0.5, 0.6) is 0 Å². The molecule has 2 aromatic rings. The second kappa shape index (κ2) is 6.66. The number of benzene rings is 1. The number of piperazine rings is 1. The number of pyridine rings is 1. The van der Waals surface area contributed by atoms with E-state index < -0.39 is 11.8 Å². The molecule has 1 aliphatic heterocycles. The van der Waals surface area contributed by atoms with E-state index >= 15 is 0 Å². The van der Waals surface area contributed by atoms with Crippen molar-refractivity contribution >= 4 is 17.6 Å². The maximum Gasteiger partial charge on any atom is 0.354 e. The molecule has 0 radical (unpaired) electrons. The third-order valence-electron chi connectivity index (χ3n) is 4.00. The van der Waals surface area contributed by atoms with Crippen LogP contribution < -0.4 is 4.90 Å². The van der Waals surface area contributed by atoms with Crippen LogP contribution in [0.3, 0.4) is 0 Å². The van der Waals surface area contributed by atoms with E-state index in [1.54, 1.807) is 23.1 Å². The maximum atomic E-state index is 13.7. The summed E-state index contributed by atoms with van der Waals surface area (Å²) in [7, 11) is 0. The first kappa shape index (κ1) is 15.9. The highest BCUT2D eigenvalue weighted by Crippen LogP contribution is 2.17. The van der Waals surface area contributed by atoms with Gasteiger partial charge in [-0.25, -0.2) is 14.2 Å². The fourth-order valence-corrected chi connectivity index (χ4v) is 2.67. The molecule has 1 N–H and O–H groups in total. The van der Waals surface area contributed by atoms with E-state index in [-0.39, 0.29) is 17.2 Å². The Balaban J connectivity index is 1.64. The summed E-state index contributed by atoms with van der Waals surface area (Å²) in [4.78, 5) is 30.7. The Kier molecular flexibility index (Phi) is 4.41. The number of aromatic nitrogens is 1. The van der Waals surface area contributed by atoms with E-state index in [0.29, 0.717) is 26.2 Å². The average Bonchev–Trinajstić information content (AvgIpc) is 2.62. The summed E-state index contributed by atoms with van der Waals surface area (Å²) < 4.78 is 13.7. The van der Waals surface area contributed by atoms with Gasteiger partial charge in [-0.05, 0) is 24.3 Å². The fraction of sp³-hybridized carbons (Fsp3) is 0.235. The van der Waals surface area contributed by atoms with Crippen LogP contribution in [0.2, 0.25) is 0 Å². The molecule has 6 nitrogen and oxygen atoms in total. The fourth-order valence-electron chi connectivity index (χ4n) is 2.67. The molecule has 1 aromatic carbocycles. The van der Waals surface area contributed by atoms with Gasteiger partial charge in [-0.1, -0.05) is 12.1 Å². The molecule has 3 rings (SSSR count). The van der Waals surface area contributed by atoms with Crippen LogP contribution in [0.15, 0.2) is 42.6 Å². The lowest BCUT2D eigenvalue weighted by molar-refractivity contribution is 0.0688. The average molecular weight is 329 g/mol. The number of carboxylic acids is 1. The van der Waals surface area contributed by atoms with Crippen LogP contribution in [0.4, 0.5) is 10.1 Å². The second-order valence-electron chi connectivity index (χ2n) is 5.47. The van der Waals surface area contributed by atoms with Gasteiger partial charge in [-0.3, -0.25) is 4.79 Å². The Morgan fingerprint density at radius 1 is 1.04 bits per heavy atom. The molecule has 7 heteroatoms. The molecule has 1 aliphatic rings. The van der Waals surface area contributed by atoms with Gasteiger partial charge in [0.2, 0.25) is 0 Å². The number of anilines is 1. The van der Waals surface area contributed by atoms with E-state index in [2.05, 4.69) is 4.98 Å². The van der Waals surface area contributed by atoms with Gasteiger partial charge in [-0.15, -0.1) is 0 Å². The summed E-state index contributed by atoms with van der Waals surface area (Å²) in [5, 5.41) is 8.86. The Morgan fingerprint density at radius 2 is 1.75 bits per heavy atom. The summed E-state index contributed by atoms with van der Waals surface area (Å²) in [6.45, 7) is 2.09. The van der Waals surface area contributed by atoms with Crippen molar-refractivity contribution < 1.29 is 19.1 Å². The summed E-state index contributed by atoms with van der Waals surface area (Å²) in [5.74, 6) is -1.90. The van der Waals surface area contributed by atoms with E-state index in [0.717, 1.165) is 5.69 Å². The number of hydrogen-bond donors (Lipinski definition) is 1. The number of rotatable bonds is 3. The number of amides is 1. The Morgan fingerprint density at radius 3 is 2.33 bits per heavy atom. The molecule has 0 bridgehead atoms. The monoisotopic (exact) mass is 329 g/mol. The van der Waals surface area contributed by atoms with Crippen molar-refractivity contribution in [3.63, 3.8) is 0 Å². The zero-order valence-corrected chi connectivity index (χ0v) is 12.9. The highest BCUT2D eigenvalue weighted by Gasteiger charge is 2.24. The summed E-state index contributed by atoms with van der Waals surface area (Å²) in [6.07, 6.45) is 1.51. The van der Waals surface area contributed by atoms with Crippen LogP contribution in [-0.2, 0) is 0 Å². The molecule has 2 heterocycles. The van der Waals surface area contributed by atoms with E-state index in [1.165, 1.54) is 24.4 Å². The lowest BCUT2D eigenvalue weighted by atomic mass is 10.1. The highest BCUT2D eigenvalue weighted by atomic mass is 19.1. The Hall–Kier alpha value is -2.96. The zero-order chi connectivity index (χ0) is 17.1. The predicted molar refractivity (Wildman–Crippen MR) is 85.7 cm³/mol. The Bertz CT molecular complexity index is 756. The van der Waals surface area contributed by atoms with Gasteiger partial charge in [0.25, 0.3) is 5.91 Å². The summed E-state index contributed by atoms with van der Waals surface area (Å²) in [5.41, 5.74) is 0.878. The van der Waals surface area contributed by atoms with Crippen molar-refractivity contribution in [2.75, 3.05) is 31.1 Å². The molecule has 1 fully saturated rings. The molecule has 0 atom stereocenters. The van der Waals surface area contributed by atoms with Crippen molar-refractivity contribution in [2.24, 2.45) is 0 Å². The number of aromatic carboxylic acids is 1. The van der Waals surface area contributed by atoms with E-state index in [9.17, 15) is 14.0 Å². The molecule has 0 aliphatic carbocycles. The summed E-state index contributed by atoms with van der Waals surface area (Å²) >= 11 is 0. The lowest BCUT2D eigenvalue weighted by Crippen LogP contribution is -2.49. The highest BCUT2D eigenvalue weighted by molar-refractivity contribution is 5.94. The quantitative estimate of drug-likeness (QED) is 0.931. The molecule has 24 heavy (non-hydrogen) atoms. The van der Waals surface area contributed by atoms with Crippen LogP contribution in [0.1, 0.15) is 20.8 Å². The van der Waals surface area contributed by atoms with Crippen LogP contribution in [0.25, 0.3) is 0 Å². The van der Waals surface area contributed by atoms with Gasteiger partial charge < -0.3 is 14.9 Å². The van der Waals surface area contributed by atoms with Crippen molar-refractivity contribution in [1.29, 1.82) is 0 Å². The van der Waals surface area contributed by atoms with Crippen molar-refractivity contribution in [3.05, 3.63) is 59.7 Å². The normalized spacial score (nSPS) is 14.5. The molecule has 1 saturated heterocycles. The lowest BCUT2D eigenvalue weighted by Gasteiger charge is -2.36. The van der Waals surface area contributed by atoms with Crippen LogP contribution >= 0.6 is 0 Å². The number of nitrogens with zero attached hydrogens (tertiary/aromatic N) is 3. The van der Waals surface area contributed by atoms with Crippen molar-refractivity contribution in [1.82, 2.24) is 9.88 Å². The van der Waals surface area contributed by atoms with E-state index in [1.807, 2.05) is 4.90 Å². The second-order valence-corrected chi connectivity index (χ2v) is 5.47. The smallest absolute Gasteiger partial charge is 0.354 e. The minimum atomic E-state index is -1.07. The van der Waals surface area contributed by atoms with Gasteiger partial charge in [0.15, 0.2) is 0 Å². The topological polar surface area (TPSA) is 73.7 Å². The molecule has 0 spiro atoms. The number of hydrogen-bond acceptors (Lipinski definition) is 4. The third kappa shape index (κ3) is 3.19. The van der Waals surface area contributed by atoms with Gasteiger partial charge in [0, 0.05) is 26.2 Å². The van der Waals surface area contributed by atoms with Crippen molar-refractivity contribution in [3.8, 4) is 0 Å². The molecule has 0 saturated carbocycles. The van der Waals surface area contributed by atoms with Gasteiger partial charge in [0.05, 0.1) is 17.4 Å². The van der Waals surface area contributed by atoms with Crippen LogP contribution in [-0.4, -0.2) is 53.0 Å². The molecular weight excluding hydrogens is 313 g/mol. The van der Waals surface area contributed by atoms with E-state index in [4.69, 9.17) is 5.11 Å². The van der Waals surface area contributed by atoms with Crippen molar-refractivity contribution in [2.45, 2.75) is 0 Å². The number of halogens is 1. The number of carbonyl (C=O) groups is 2. The SMILES string of the molecule is O=C(O)c1ccc(N2CCN(C(=O)c3ccccc3F)CC2)cn1.